The topological polar surface area (TPSA) is 29.5 Å². The molecule has 0 radical (unpaired) electrons. The van der Waals surface area contributed by atoms with Crippen LogP contribution in [-0.2, 0) is 4.74 Å². The zero-order valence-electron chi connectivity index (χ0n) is 11.9. The molecular weight excluding hydrogens is 214 g/mol. The lowest BCUT2D eigenvalue weighted by atomic mass is 10.1. The summed E-state index contributed by atoms with van der Waals surface area (Å²) in [6, 6.07) is 0.321. The summed E-state index contributed by atoms with van der Waals surface area (Å²) in [6.07, 6.45) is 4.47. The Morgan fingerprint density at radius 1 is 1.29 bits per heavy atom. The first-order valence-corrected chi connectivity index (χ1v) is 6.41. The number of amides is 1. The normalized spacial score (nSPS) is 22.2. The molecule has 0 aliphatic heterocycles. The van der Waals surface area contributed by atoms with Gasteiger partial charge in [0.2, 0.25) is 0 Å². The highest BCUT2D eigenvalue weighted by molar-refractivity contribution is 5.69. The number of nitrogens with zero attached hydrogens (tertiary/aromatic N) is 1. The van der Waals surface area contributed by atoms with Crippen molar-refractivity contribution in [2.75, 3.05) is 0 Å². The summed E-state index contributed by atoms with van der Waals surface area (Å²) in [5.41, 5.74) is 0.388. The molecule has 98 valence electrons. The lowest BCUT2D eigenvalue weighted by Crippen LogP contribution is -2.41. The molecule has 1 aliphatic carbocycles. The highest BCUT2D eigenvalue weighted by Crippen LogP contribution is 2.52. The minimum atomic E-state index is -0.260. The van der Waals surface area contributed by atoms with Crippen molar-refractivity contribution < 1.29 is 9.53 Å². The summed E-state index contributed by atoms with van der Waals surface area (Å²) in [5.74, 6) is 0.557. The van der Waals surface area contributed by atoms with Crippen molar-refractivity contribution >= 4 is 6.09 Å². The number of ether oxygens (including phenoxy) is 1. The average molecular weight is 239 g/mol. The second-order valence-corrected chi connectivity index (χ2v) is 6.11. The van der Waals surface area contributed by atoms with Crippen LogP contribution in [0.15, 0.2) is 12.3 Å². The van der Waals surface area contributed by atoms with Gasteiger partial charge in [-0.1, -0.05) is 13.8 Å². The quantitative estimate of drug-likeness (QED) is 0.698. The molecule has 0 saturated heterocycles. The van der Waals surface area contributed by atoms with Gasteiger partial charge in [-0.3, -0.25) is 0 Å². The van der Waals surface area contributed by atoms with E-state index in [-0.39, 0.29) is 18.2 Å². The molecule has 0 aromatic heterocycles. The van der Waals surface area contributed by atoms with Gasteiger partial charge in [0.1, 0.15) is 0 Å². The predicted octanol–water partition coefficient (Wildman–Crippen LogP) is 3.80. The summed E-state index contributed by atoms with van der Waals surface area (Å²) in [6.45, 7) is 12.4. The fourth-order valence-corrected chi connectivity index (χ4v) is 2.11. The minimum absolute atomic E-state index is 0.160. The Labute approximate surface area is 105 Å². The lowest BCUT2D eigenvalue weighted by molar-refractivity contribution is 0.109. The summed E-state index contributed by atoms with van der Waals surface area (Å²) in [4.78, 5) is 13.6. The first-order valence-electron chi connectivity index (χ1n) is 6.41. The van der Waals surface area contributed by atoms with Crippen LogP contribution in [0.2, 0.25) is 0 Å². The number of hydrogen-bond donors (Lipinski definition) is 0. The predicted molar refractivity (Wildman–Crippen MR) is 69.6 cm³/mol. The lowest BCUT2D eigenvalue weighted by Gasteiger charge is -2.28. The van der Waals surface area contributed by atoms with Crippen molar-refractivity contribution in [3.63, 3.8) is 0 Å². The molecule has 0 unspecified atom stereocenters. The Bertz CT molecular complexity index is 297. The molecular formula is C14H25NO2. The Morgan fingerprint density at radius 2 is 1.76 bits per heavy atom. The molecule has 0 bridgehead atoms. The standard InChI is InChI=1S/C14H25NO2/c1-10(2)15(11(3)4)13(16)17-8-7-12-9-14(12,5)6/h7-8,10-12H,9H2,1-6H3/b8-7-/t12-/m1/s1. The highest BCUT2D eigenvalue weighted by Gasteiger charge is 2.43. The SMILES string of the molecule is CC(C)N(C(=O)O/C=C\[C@@H]1CC1(C)C)C(C)C. The van der Waals surface area contributed by atoms with Gasteiger partial charge in [0, 0.05) is 12.1 Å². The molecule has 1 fully saturated rings. The van der Waals surface area contributed by atoms with E-state index in [0.29, 0.717) is 11.3 Å². The summed E-state index contributed by atoms with van der Waals surface area (Å²) in [5, 5.41) is 0. The van der Waals surface area contributed by atoms with E-state index in [0.717, 1.165) is 0 Å². The number of rotatable bonds is 4. The maximum absolute atomic E-state index is 11.8. The summed E-state index contributed by atoms with van der Waals surface area (Å²) in [7, 11) is 0. The van der Waals surface area contributed by atoms with Gasteiger partial charge in [0.05, 0.1) is 6.26 Å². The first kappa shape index (κ1) is 14.1. The Balaban J connectivity index is 2.43. The fraction of sp³-hybridized carbons (Fsp3) is 0.786. The van der Waals surface area contributed by atoms with Crippen LogP contribution in [0.5, 0.6) is 0 Å². The zero-order valence-corrected chi connectivity index (χ0v) is 11.9. The van der Waals surface area contributed by atoms with Crippen LogP contribution in [0.4, 0.5) is 4.79 Å². The molecule has 0 aromatic rings. The van der Waals surface area contributed by atoms with Gasteiger partial charge in [-0.05, 0) is 51.5 Å². The Morgan fingerprint density at radius 3 is 2.12 bits per heavy atom. The van der Waals surface area contributed by atoms with Crippen molar-refractivity contribution in [1.29, 1.82) is 0 Å². The monoisotopic (exact) mass is 239 g/mol. The van der Waals surface area contributed by atoms with Crippen LogP contribution in [0, 0.1) is 11.3 Å². The van der Waals surface area contributed by atoms with Gasteiger partial charge in [0.15, 0.2) is 0 Å². The molecule has 0 heterocycles. The van der Waals surface area contributed by atoms with Crippen LogP contribution < -0.4 is 0 Å². The van der Waals surface area contributed by atoms with E-state index >= 15 is 0 Å². The molecule has 0 N–H and O–H groups in total. The third kappa shape index (κ3) is 3.76. The van der Waals surface area contributed by atoms with E-state index in [1.165, 1.54) is 6.42 Å². The molecule has 17 heavy (non-hydrogen) atoms. The fourth-order valence-electron chi connectivity index (χ4n) is 2.11. The molecule has 1 aliphatic rings. The summed E-state index contributed by atoms with van der Waals surface area (Å²) < 4.78 is 5.18. The zero-order chi connectivity index (χ0) is 13.2. The molecule has 0 spiro atoms. The third-order valence-electron chi connectivity index (χ3n) is 3.39. The van der Waals surface area contributed by atoms with Crippen molar-refractivity contribution in [1.82, 2.24) is 4.90 Å². The maximum Gasteiger partial charge on any atom is 0.415 e. The van der Waals surface area contributed by atoms with Crippen LogP contribution in [0.3, 0.4) is 0 Å². The maximum atomic E-state index is 11.8. The van der Waals surface area contributed by atoms with E-state index in [1.54, 1.807) is 11.2 Å². The van der Waals surface area contributed by atoms with Gasteiger partial charge in [-0.2, -0.15) is 0 Å². The van der Waals surface area contributed by atoms with E-state index in [4.69, 9.17) is 4.74 Å². The van der Waals surface area contributed by atoms with Gasteiger partial charge < -0.3 is 9.64 Å². The minimum Gasteiger partial charge on any atom is -0.418 e. The highest BCUT2D eigenvalue weighted by atomic mass is 16.5. The van der Waals surface area contributed by atoms with E-state index in [1.807, 2.05) is 33.8 Å². The van der Waals surface area contributed by atoms with Crippen molar-refractivity contribution in [2.45, 2.75) is 60.0 Å². The molecule has 3 heteroatoms. The molecule has 0 aromatic carbocycles. The molecule has 1 atom stereocenters. The van der Waals surface area contributed by atoms with Crippen LogP contribution in [-0.4, -0.2) is 23.1 Å². The van der Waals surface area contributed by atoms with Gasteiger partial charge in [-0.15, -0.1) is 0 Å². The largest absolute Gasteiger partial charge is 0.418 e. The Hall–Kier alpha value is -0.990. The number of allylic oxidation sites excluding steroid dienone is 1. The number of hydrogen-bond acceptors (Lipinski definition) is 2. The van der Waals surface area contributed by atoms with Gasteiger partial charge in [0.25, 0.3) is 0 Å². The van der Waals surface area contributed by atoms with Crippen molar-refractivity contribution in [3.05, 3.63) is 12.3 Å². The second-order valence-electron chi connectivity index (χ2n) is 6.11. The molecule has 1 amide bonds. The van der Waals surface area contributed by atoms with Crippen LogP contribution >= 0.6 is 0 Å². The van der Waals surface area contributed by atoms with Gasteiger partial charge >= 0.3 is 6.09 Å². The van der Waals surface area contributed by atoms with Crippen LogP contribution in [0.25, 0.3) is 0 Å². The van der Waals surface area contributed by atoms with E-state index < -0.39 is 0 Å². The molecule has 3 nitrogen and oxygen atoms in total. The number of carbonyl (C=O) groups is 1. The average Bonchev–Trinajstić information content (AvgIpc) is 2.72. The smallest absolute Gasteiger partial charge is 0.415 e. The first-order chi connectivity index (χ1) is 7.75. The van der Waals surface area contributed by atoms with Gasteiger partial charge in [-0.25, -0.2) is 4.79 Å². The number of carbonyl (C=O) groups excluding carboxylic acids is 1. The molecule has 1 saturated carbocycles. The molecule has 1 rings (SSSR count). The second kappa shape index (κ2) is 5.11. The Kier molecular flexibility index (Phi) is 4.23. The van der Waals surface area contributed by atoms with Crippen molar-refractivity contribution in [2.24, 2.45) is 11.3 Å². The van der Waals surface area contributed by atoms with E-state index in [2.05, 4.69) is 13.8 Å². The van der Waals surface area contributed by atoms with E-state index in [9.17, 15) is 4.79 Å². The third-order valence-corrected chi connectivity index (χ3v) is 3.39. The summed E-state index contributed by atoms with van der Waals surface area (Å²) >= 11 is 0. The van der Waals surface area contributed by atoms with Crippen molar-refractivity contribution in [3.8, 4) is 0 Å². The van der Waals surface area contributed by atoms with Crippen LogP contribution in [0.1, 0.15) is 48.0 Å².